The Balaban J connectivity index is 1.50. The van der Waals surface area contributed by atoms with Gasteiger partial charge in [0.2, 0.25) is 5.91 Å². The summed E-state index contributed by atoms with van der Waals surface area (Å²) in [6.45, 7) is 5.22. The summed E-state index contributed by atoms with van der Waals surface area (Å²) in [5.74, 6) is 0.185. The van der Waals surface area contributed by atoms with E-state index in [9.17, 15) is 9.18 Å². The van der Waals surface area contributed by atoms with E-state index in [1.54, 1.807) is 10.7 Å². The van der Waals surface area contributed by atoms with Gasteiger partial charge in [-0.1, -0.05) is 47.5 Å². The molecule has 1 aliphatic heterocycles. The highest BCUT2D eigenvalue weighted by atomic mass is 35.5. The lowest BCUT2D eigenvalue weighted by Gasteiger charge is -2.27. The van der Waals surface area contributed by atoms with Crippen molar-refractivity contribution in [2.75, 3.05) is 31.2 Å². The van der Waals surface area contributed by atoms with Crippen molar-refractivity contribution in [2.24, 2.45) is 0 Å². The average molecular weight is 443 g/mol. The minimum Gasteiger partial charge on any atom is -0.378 e. The largest absolute Gasteiger partial charge is 0.378 e. The summed E-state index contributed by atoms with van der Waals surface area (Å²) in [5.41, 5.74) is 3.96. The SMILES string of the molecule is Cc1ccc(-c2cn(CC(=O)NCc3ccc(F)c(Cl)c3)nc2N2CCOCC2)cc1. The molecule has 1 aliphatic rings. The van der Waals surface area contributed by atoms with E-state index in [0.717, 1.165) is 35.6 Å². The van der Waals surface area contributed by atoms with Gasteiger partial charge in [0.1, 0.15) is 12.4 Å². The van der Waals surface area contributed by atoms with Crippen molar-refractivity contribution >= 4 is 23.3 Å². The summed E-state index contributed by atoms with van der Waals surface area (Å²) >= 11 is 5.81. The lowest BCUT2D eigenvalue weighted by atomic mass is 10.1. The van der Waals surface area contributed by atoms with Gasteiger partial charge in [-0.05, 0) is 30.2 Å². The molecular weight excluding hydrogens is 419 g/mol. The normalized spacial score (nSPS) is 14.0. The van der Waals surface area contributed by atoms with Crippen molar-refractivity contribution in [3.05, 3.63) is 70.6 Å². The standard InChI is InChI=1S/C23H24ClFN4O2/c1-16-2-5-18(6-3-16)19-14-29(27-23(19)28-8-10-31-11-9-28)15-22(30)26-13-17-4-7-21(25)20(24)12-17/h2-7,12,14H,8-11,13,15H2,1H3,(H,26,30). The highest BCUT2D eigenvalue weighted by molar-refractivity contribution is 6.30. The third kappa shape index (κ3) is 5.24. The fourth-order valence-corrected chi connectivity index (χ4v) is 3.69. The summed E-state index contributed by atoms with van der Waals surface area (Å²) in [5, 5.41) is 7.58. The molecular formula is C23H24ClFN4O2. The number of aromatic nitrogens is 2. The number of carbonyl (C=O) groups excluding carboxylic acids is 1. The maximum Gasteiger partial charge on any atom is 0.241 e. The van der Waals surface area contributed by atoms with Gasteiger partial charge in [0, 0.05) is 31.4 Å². The van der Waals surface area contributed by atoms with E-state index in [0.29, 0.717) is 13.2 Å². The quantitative estimate of drug-likeness (QED) is 0.630. The molecule has 2 aromatic carbocycles. The molecule has 1 aromatic heterocycles. The fraction of sp³-hybridized carbons (Fsp3) is 0.304. The fourth-order valence-electron chi connectivity index (χ4n) is 3.49. The van der Waals surface area contributed by atoms with Crippen LogP contribution >= 0.6 is 11.6 Å². The lowest BCUT2D eigenvalue weighted by Crippen LogP contribution is -2.37. The Labute approximate surface area is 185 Å². The van der Waals surface area contributed by atoms with Crippen LogP contribution in [0.25, 0.3) is 11.1 Å². The molecule has 0 unspecified atom stereocenters. The van der Waals surface area contributed by atoms with Crippen molar-refractivity contribution in [3.63, 3.8) is 0 Å². The number of ether oxygens (including phenoxy) is 1. The Morgan fingerprint density at radius 1 is 1.19 bits per heavy atom. The van der Waals surface area contributed by atoms with Crippen LogP contribution in [0.3, 0.4) is 0 Å². The molecule has 1 saturated heterocycles. The second-order valence-corrected chi connectivity index (χ2v) is 7.96. The van der Waals surface area contributed by atoms with Crippen LogP contribution < -0.4 is 10.2 Å². The van der Waals surface area contributed by atoms with Gasteiger partial charge < -0.3 is 15.0 Å². The van der Waals surface area contributed by atoms with Gasteiger partial charge in [0.25, 0.3) is 0 Å². The molecule has 6 nitrogen and oxygen atoms in total. The molecule has 4 rings (SSSR count). The van der Waals surface area contributed by atoms with E-state index in [-0.39, 0.29) is 24.0 Å². The molecule has 31 heavy (non-hydrogen) atoms. The van der Waals surface area contributed by atoms with Crippen molar-refractivity contribution in [2.45, 2.75) is 20.0 Å². The van der Waals surface area contributed by atoms with Gasteiger partial charge in [-0.15, -0.1) is 0 Å². The predicted octanol–water partition coefficient (Wildman–Crippen LogP) is 3.80. The van der Waals surface area contributed by atoms with Gasteiger partial charge in [-0.3, -0.25) is 9.48 Å². The van der Waals surface area contributed by atoms with Crippen molar-refractivity contribution < 1.29 is 13.9 Å². The Hall–Kier alpha value is -2.90. The Bertz CT molecular complexity index is 1060. The number of morpholine rings is 1. The highest BCUT2D eigenvalue weighted by Gasteiger charge is 2.20. The van der Waals surface area contributed by atoms with Crippen LogP contribution in [0.5, 0.6) is 0 Å². The third-order valence-electron chi connectivity index (χ3n) is 5.19. The Kier molecular flexibility index (Phi) is 6.53. The molecule has 0 atom stereocenters. The second kappa shape index (κ2) is 9.49. The average Bonchev–Trinajstić information content (AvgIpc) is 3.19. The first-order valence-electron chi connectivity index (χ1n) is 10.2. The minimum atomic E-state index is -0.479. The Morgan fingerprint density at radius 2 is 1.94 bits per heavy atom. The summed E-state index contributed by atoms with van der Waals surface area (Å²) in [6, 6.07) is 12.7. The number of nitrogens with zero attached hydrogens (tertiary/aromatic N) is 3. The molecule has 0 spiro atoms. The lowest BCUT2D eigenvalue weighted by molar-refractivity contribution is -0.122. The van der Waals surface area contributed by atoms with E-state index in [1.807, 2.05) is 6.20 Å². The highest BCUT2D eigenvalue weighted by Crippen LogP contribution is 2.30. The van der Waals surface area contributed by atoms with E-state index < -0.39 is 5.82 Å². The molecule has 0 bridgehead atoms. The zero-order chi connectivity index (χ0) is 21.8. The molecule has 162 valence electrons. The number of anilines is 1. The van der Waals surface area contributed by atoms with Crippen molar-refractivity contribution in [1.82, 2.24) is 15.1 Å². The molecule has 1 N–H and O–H groups in total. The van der Waals surface area contributed by atoms with Crippen LogP contribution in [-0.2, 0) is 22.6 Å². The van der Waals surface area contributed by atoms with Gasteiger partial charge >= 0.3 is 0 Å². The maximum atomic E-state index is 13.3. The smallest absolute Gasteiger partial charge is 0.241 e. The van der Waals surface area contributed by atoms with Crippen LogP contribution in [0.15, 0.2) is 48.7 Å². The molecule has 0 radical (unpaired) electrons. The van der Waals surface area contributed by atoms with E-state index in [4.69, 9.17) is 21.4 Å². The number of carbonyl (C=O) groups is 1. The first-order valence-corrected chi connectivity index (χ1v) is 10.6. The van der Waals surface area contributed by atoms with E-state index in [1.165, 1.54) is 17.7 Å². The number of halogens is 2. The van der Waals surface area contributed by atoms with Crippen LogP contribution in [0.4, 0.5) is 10.2 Å². The van der Waals surface area contributed by atoms with E-state index >= 15 is 0 Å². The van der Waals surface area contributed by atoms with E-state index in [2.05, 4.69) is 41.4 Å². The molecule has 3 aromatic rings. The molecule has 0 aliphatic carbocycles. The number of amides is 1. The summed E-state index contributed by atoms with van der Waals surface area (Å²) in [6.07, 6.45) is 1.91. The second-order valence-electron chi connectivity index (χ2n) is 7.55. The zero-order valence-corrected chi connectivity index (χ0v) is 18.0. The number of nitrogens with one attached hydrogen (secondary N) is 1. The summed E-state index contributed by atoms with van der Waals surface area (Å²) in [7, 11) is 0. The minimum absolute atomic E-state index is 0.0386. The van der Waals surface area contributed by atoms with Crippen molar-refractivity contribution in [3.8, 4) is 11.1 Å². The number of benzene rings is 2. The van der Waals surface area contributed by atoms with Crippen LogP contribution in [0, 0.1) is 12.7 Å². The molecule has 2 heterocycles. The molecule has 1 fully saturated rings. The molecule has 8 heteroatoms. The van der Waals surface area contributed by atoms with Gasteiger partial charge in [0.05, 0.1) is 18.2 Å². The van der Waals surface area contributed by atoms with Gasteiger partial charge in [-0.25, -0.2) is 4.39 Å². The van der Waals surface area contributed by atoms with Crippen molar-refractivity contribution in [1.29, 1.82) is 0 Å². The van der Waals surface area contributed by atoms with Gasteiger partial charge in [0.15, 0.2) is 5.82 Å². The Morgan fingerprint density at radius 3 is 2.65 bits per heavy atom. The summed E-state index contributed by atoms with van der Waals surface area (Å²) < 4.78 is 20.4. The van der Waals surface area contributed by atoms with Crippen LogP contribution in [0.1, 0.15) is 11.1 Å². The number of hydrogen-bond donors (Lipinski definition) is 1. The number of hydrogen-bond acceptors (Lipinski definition) is 4. The zero-order valence-electron chi connectivity index (χ0n) is 17.3. The van der Waals surface area contributed by atoms with Gasteiger partial charge in [-0.2, -0.15) is 5.10 Å². The number of aryl methyl sites for hydroxylation is 1. The number of rotatable bonds is 6. The predicted molar refractivity (Wildman–Crippen MR) is 119 cm³/mol. The first-order chi connectivity index (χ1) is 15.0. The maximum absolute atomic E-state index is 13.3. The molecule has 1 amide bonds. The first kappa shape index (κ1) is 21.3. The summed E-state index contributed by atoms with van der Waals surface area (Å²) in [4.78, 5) is 14.7. The van der Waals surface area contributed by atoms with Crippen LogP contribution in [-0.4, -0.2) is 42.0 Å². The third-order valence-corrected chi connectivity index (χ3v) is 5.48. The van der Waals surface area contributed by atoms with Crippen LogP contribution in [0.2, 0.25) is 5.02 Å². The monoisotopic (exact) mass is 442 g/mol. The molecule has 0 saturated carbocycles. The topological polar surface area (TPSA) is 59.4 Å².